The molecular weight excluding hydrogens is 360 g/mol. The minimum atomic E-state index is -0.881. The van der Waals surface area contributed by atoms with Crippen LogP contribution in [0.15, 0.2) is 48.5 Å². The fourth-order valence-corrected chi connectivity index (χ4v) is 2.73. The van der Waals surface area contributed by atoms with Crippen molar-refractivity contribution in [3.05, 3.63) is 59.7 Å². The summed E-state index contributed by atoms with van der Waals surface area (Å²) in [5.74, 6) is 1.37. The maximum atomic E-state index is 9.37. The zero-order chi connectivity index (χ0) is 20.6. The van der Waals surface area contributed by atoms with Gasteiger partial charge in [-0.15, -0.1) is 0 Å². The first-order valence-corrected chi connectivity index (χ1v) is 9.30. The van der Waals surface area contributed by atoms with E-state index >= 15 is 0 Å². The maximum Gasteiger partial charge on any atom is 0.119 e. The highest BCUT2D eigenvalue weighted by Crippen LogP contribution is 2.33. The molecule has 0 amide bonds. The van der Waals surface area contributed by atoms with Crippen LogP contribution in [-0.4, -0.2) is 61.1 Å². The first-order valence-electron chi connectivity index (χ1n) is 9.30. The second-order valence-corrected chi connectivity index (χ2v) is 7.17. The second-order valence-electron chi connectivity index (χ2n) is 7.17. The van der Waals surface area contributed by atoms with E-state index in [0.717, 1.165) is 16.9 Å². The molecule has 0 saturated carbocycles. The standard InChI is InChI=1S/C22H30O6/c1-22(2,16-4-8-19(9-5-16)27-14-18(25)12-23)17-6-10-20(11-7-17)28-15-21(13-24)26-3/h4-11,18,21,23-25H,12-15H2,1-3H3. The van der Waals surface area contributed by atoms with Gasteiger partial charge in [-0.05, 0) is 35.4 Å². The molecule has 2 aromatic rings. The zero-order valence-corrected chi connectivity index (χ0v) is 16.7. The molecule has 2 atom stereocenters. The lowest BCUT2D eigenvalue weighted by molar-refractivity contribution is 0.0164. The number of benzene rings is 2. The number of rotatable bonds is 11. The molecule has 0 spiro atoms. The summed E-state index contributed by atoms with van der Waals surface area (Å²) in [7, 11) is 1.54. The first kappa shape index (κ1) is 22.2. The van der Waals surface area contributed by atoms with Gasteiger partial charge < -0.3 is 29.5 Å². The molecular formula is C22H30O6. The van der Waals surface area contributed by atoms with Crippen molar-refractivity contribution in [1.82, 2.24) is 0 Å². The smallest absolute Gasteiger partial charge is 0.119 e. The van der Waals surface area contributed by atoms with E-state index in [2.05, 4.69) is 13.8 Å². The number of methoxy groups -OCH3 is 1. The van der Waals surface area contributed by atoms with Gasteiger partial charge in [0.1, 0.15) is 36.9 Å². The van der Waals surface area contributed by atoms with Crippen molar-refractivity contribution in [3.63, 3.8) is 0 Å². The SMILES string of the molecule is COC(CO)COc1ccc(C(C)(C)c2ccc(OCC(O)CO)cc2)cc1. The van der Waals surface area contributed by atoms with Gasteiger partial charge in [0, 0.05) is 12.5 Å². The number of aliphatic hydroxyl groups is 3. The van der Waals surface area contributed by atoms with E-state index in [1.54, 1.807) is 7.11 Å². The number of hydrogen-bond acceptors (Lipinski definition) is 6. The molecule has 0 saturated heterocycles. The normalized spacial score (nSPS) is 13.8. The van der Waals surface area contributed by atoms with Crippen molar-refractivity contribution in [2.75, 3.05) is 33.5 Å². The Hall–Kier alpha value is -2.12. The Labute approximate surface area is 166 Å². The lowest BCUT2D eigenvalue weighted by Gasteiger charge is -2.26. The molecule has 28 heavy (non-hydrogen) atoms. The lowest BCUT2D eigenvalue weighted by Crippen LogP contribution is -2.24. The molecule has 0 bridgehead atoms. The van der Waals surface area contributed by atoms with E-state index in [1.807, 2.05) is 48.5 Å². The molecule has 3 N–H and O–H groups in total. The third-order valence-electron chi connectivity index (χ3n) is 4.78. The summed E-state index contributed by atoms with van der Waals surface area (Å²) >= 11 is 0. The molecule has 0 radical (unpaired) electrons. The second kappa shape index (κ2) is 10.4. The average Bonchev–Trinajstić information content (AvgIpc) is 2.73. The van der Waals surface area contributed by atoms with Crippen molar-refractivity contribution in [2.45, 2.75) is 31.5 Å². The summed E-state index contributed by atoms with van der Waals surface area (Å²) in [5.41, 5.74) is 2.03. The highest BCUT2D eigenvalue weighted by Gasteiger charge is 2.23. The summed E-state index contributed by atoms with van der Waals surface area (Å²) in [5, 5.41) is 27.3. The van der Waals surface area contributed by atoms with Gasteiger partial charge in [0.15, 0.2) is 0 Å². The van der Waals surface area contributed by atoms with Gasteiger partial charge in [0.2, 0.25) is 0 Å². The summed E-state index contributed by atoms with van der Waals surface area (Å²) in [6.45, 7) is 4.22. The van der Waals surface area contributed by atoms with Gasteiger partial charge >= 0.3 is 0 Å². The Bertz CT molecular complexity index is 692. The van der Waals surface area contributed by atoms with Crippen LogP contribution in [0.25, 0.3) is 0 Å². The van der Waals surface area contributed by atoms with Gasteiger partial charge in [0.25, 0.3) is 0 Å². The minimum Gasteiger partial charge on any atom is -0.491 e. The van der Waals surface area contributed by atoms with E-state index in [4.69, 9.17) is 24.4 Å². The van der Waals surface area contributed by atoms with Crippen LogP contribution in [0.4, 0.5) is 0 Å². The van der Waals surface area contributed by atoms with E-state index in [1.165, 1.54) is 0 Å². The summed E-state index contributed by atoms with van der Waals surface area (Å²) < 4.78 is 16.2. The molecule has 0 heterocycles. The molecule has 0 aliphatic heterocycles. The highest BCUT2D eigenvalue weighted by molar-refractivity contribution is 5.41. The molecule has 0 aliphatic rings. The van der Waals surface area contributed by atoms with Gasteiger partial charge in [-0.1, -0.05) is 38.1 Å². The molecule has 0 fully saturated rings. The molecule has 2 aromatic carbocycles. The van der Waals surface area contributed by atoms with Crippen LogP contribution in [0.3, 0.4) is 0 Å². The van der Waals surface area contributed by atoms with E-state index in [-0.39, 0.29) is 31.3 Å². The zero-order valence-electron chi connectivity index (χ0n) is 16.7. The number of hydrogen-bond donors (Lipinski definition) is 3. The van der Waals surface area contributed by atoms with Crippen LogP contribution in [-0.2, 0) is 10.2 Å². The van der Waals surface area contributed by atoms with Crippen molar-refractivity contribution >= 4 is 0 Å². The van der Waals surface area contributed by atoms with Gasteiger partial charge in [-0.25, -0.2) is 0 Å². The summed E-state index contributed by atoms with van der Waals surface area (Å²) in [6, 6.07) is 15.6. The van der Waals surface area contributed by atoms with Crippen molar-refractivity contribution < 1.29 is 29.5 Å². The third kappa shape index (κ3) is 5.94. The van der Waals surface area contributed by atoms with Gasteiger partial charge in [-0.3, -0.25) is 0 Å². The first-order chi connectivity index (χ1) is 13.4. The molecule has 0 aromatic heterocycles. The Morgan fingerprint density at radius 1 is 0.786 bits per heavy atom. The van der Waals surface area contributed by atoms with E-state index in [9.17, 15) is 5.11 Å². The summed E-state index contributed by atoms with van der Waals surface area (Å²) in [6.07, 6.45) is -1.22. The Morgan fingerprint density at radius 3 is 1.64 bits per heavy atom. The fourth-order valence-electron chi connectivity index (χ4n) is 2.73. The Morgan fingerprint density at radius 2 is 1.25 bits per heavy atom. The predicted molar refractivity (Wildman–Crippen MR) is 107 cm³/mol. The van der Waals surface area contributed by atoms with Gasteiger partial charge in [-0.2, -0.15) is 0 Å². The molecule has 2 unspecified atom stereocenters. The monoisotopic (exact) mass is 390 g/mol. The van der Waals surface area contributed by atoms with Crippen molar-refractivity contribution in [3.8, 4) is 11.5 Å². The quantitative estimate of drug-likeness (QED) is 0.545. The number of ether oxygens (including phenoxy) is 3. The average molecular weight is 390 g/mol. The fraction of sp³-hybridized carbons (Fsp3) is 0.455. The highest BCUT2D eigenvalue weighted by atomic mass is 16.5. The topological polar surface area (TPSA) is 88.4 Å². The van der Waals surface area contributed by atoms with Crippen LogP contribution >= 0.6 is 0 Å². The van der Waals surface area contributed by atoms with Crippen molar-refractivity contribution in [1.29, 1.82) is 0 Å². The largest absolute Gasteiger partial charge is 0.491 e. The molecule has 2 rings (SSSR count). The Kier molecular flexibility index (Phi) is 8.26. The molecule has 6 heteroatoms. The number of aliphatic hydroxyl groups excluding tert-OH is 3. The third-order valence-corrected chi connectivity index (χ3v) is 4.78. The lowest BCUT2D eigenvalue weighted by atomic mass is 9.78. The van der Waals surface area contributed by atoms with E-state index in [0.29, 0.717) is 12.4 Å². The maximum absolute atomic E-state index is 9.37. The minimum absolute atomic E-state index is 0.0565. The van der Waals surface area contributed by atoms with Crippen LogP contribution in [0, 0.1) is 0 Å². The van der Waals surface area contributed by atoms with Crippen LogP contribution < -0.4 is 9.47 Å². The van der Waals surface area contributed by atoms with Crippen LogP contribution in [0.2, 0.25) is 0 Å². The molecule has 6 nitrogen and oxygen atoms in total. The van der Waals surface area contributed by atoms with Crippen molar-refractivity contribution in [2.24, 2.45) is 0 Å². The molecule has 0 aliphatic carbocycles. The summed E-state index contributed by atoms with van der Waals surface area (Å²) in [4.78, 5) is 0. The van der Waals surface area contributed by atoms with Crippen LogP contribution in [0.1, 0.15) is 25.0 Å². The molecule has 154 valence electrons. The van der Waals surface area contributed by atoms with Gasteiger partial charge in [0.05, 0.1) is 13.2 Å². The van der Waals surface area contributed by atoms with Crippen LogP contribution in [0.5, 0.6) is 11.5 Å². The Balaban J connectivity index is 2.03. The van der Waals surface area contributed by atoms with E-state index < -0.39 is 6.10 Å². The predicted octanol–water partition coefficient (Wildman–Crippen LogP) is 2.13.